The van der Waals surface area contributed by atoms with Gasteiger partial charge in [-0.25, -0.2) is 0 Å². The molecule has 1 fully saturated rings. The normalized spacial score (nSPS) is 21.8. The first-order chi connectivity index (χ1) is 7.92. The molecule has 3 heteroatoms. The molecule has 1 atom stereocenters. The van der Waals surface area contributed by atoms with E-state index in [9.17, 15) is 0 Å². The van der Waals surface area contributed by atoms with Gasteiger partial charge < -0.3 is 15.3 Å². The van der Waals surface area contributed by atoms with Crippen molar-refractivity contribution in [2.45, 2.75) is 18.9 Å². The maximum atomic E-state index is 9.12. The summed E-state index contributed by atoms with van der Waals surface area (Å²) >= 11 is 0. The first-order valence-corrected chi connectivity index (χ1v) is 6.05. The number of benzene rings is 1. The molecule has 1 unspecified atom stereocenters. The fourth-order valence-corrected chi connectivity index (χ4v) is 2.30. The summed E-state index contributed by atoms with van der Waals surface area (Å²) in [4.78, 5) is 2.41. The number of anilines is 1. The molecule has 0 radical (unpaired) electrons. The molecule has 1 aliphatic rings. The highest BCUT2D eigenvalue weighted by Gasteiger charge is 2.20. The van der Waals surface area contributed by atoms with E-state index in [1.807, 2.05) is 6.07 Å². The average Bonchev–Trinajstić information content (AvgIpc) is 2.56. The second kappa shape index (κ2) is 5.87. The van der Waals surface area contributed by atoms with Gasteiger partial charge in [0, 0.05) is 31.4 Å². The predicted octanol–water partition coefficient (Wildman–Crippen LogP) is 1.24. The van der Waals surface area contributed by atoms with E-state index in [1.165, 1.54) is 5.69 Å². The molecular weight excluding hydrogens is 200 g/mol. The Bertz CT molecular complexity index is 302. The number of aliphatic hydroxyl groups is 1. The van der Waals surface area contributed by atoms with Crippen molar-refractivity contribution in [1.82, 2.24) is 5.32 Å². The number of rotatable bonds is 3. The first-order valence-electron chi connectivity index (χ1n) is 6.05. The molecule has 1 aliphatic heterocycles. The quantitative estimate of drug-likeness (QED) is 0.804. The van der Waals surface area contributed by atoms with Gasteiger partial charge in [-0.05, 0) is 31.5 Å². The first kappa shape index (κ1) is 11.4. The Kier molecular flexibility index (Phi) is 4.19. The molecule has 0 spiro atoms. The van der Waals surface area contributed by atoms with Crippen molar-refractivity contribution in [3.05, 3.63) is 30.3 Å². The molecule has 0 amide bonds. The molecule has 0 aliphatic carbocycles. The van der Waals surface area contributed by atoms with Crippen molar-refractivity contribution in [2.24, 2.45) is 0 Å². The Balaban J connectivity index is 2.14. The lowest BCUT2D eigenvalue weighted by Gasteiger charge is -2.31. The molecule has 16 heavy (non-hydrogen) atoms. The van der Waals surface area contributed by atoms with Crippen LogP contribution < -0.4 is 10.2 Å². The highest BCUT2D eigenvalue weighted by atomic mass is 16.3. The van der Waals surface area contributed by atoms with Crippen LogP contribution in [0.3, 0.4) is 0 Å². The number of nitrogens with one attached hydrogen (secondary N) is 1. The molecular formula is C13H20N2O. The van der Waals surface area contributed by atoms with Crippen LogP contribution in [0.25, 0.3) is 0 Å². The summed E-state index contributed by atoms with van der Waals surface area (Å²) in [5, 5.41) is 12.5. The monoisotopic (exact) mass is 220 g/mol. The maximum absolute atomic E-state index is 9.12. The predicted molar refractivity (Wildman–Crippen MR) is 66.8 cm³/mol. The highest BCUT2D eigenvalue weighted by molar-refractivity contribution is 5.47. The van der Waals surface area contributed by atoms with Gasteiger partial charge in [-0.3, -0.25) is 0 Å². The van der Waals surface area contributed by atoms with Crippen LogP contribution in [0.15, 0.2) is 30.3 Å². The van der Waals surface area contributed by atoms with E-state index in [0.29, 0.717) is 6.04 Å². The van der Waals surface area contributed by atoms with Gasteiger partial charge in [0.2, 0.25) is 0 Å². The molecule has 0 aromatic heterocycles. The third-order valence-corrected chi connectivity index (χ3v) is 3.12. The van der Waals surface area contributed by atoms with Crippen LogP contribution in [-0.2, 0) is 0 Å². The zero-order valence-corrected chi connectivity index (χ0v) is 9.60. The fourth-order valence-electron chi connectivity index (χ4n) is 2.30. The lowest BCUT2D eigenvalue weighted by Crippen LogP contribution is -2.40. The summed E-state index contributed by atoms with van der Waals surface area (Å²) in [6.45, 7) is 3.37. The Morgan fingerprint density at radius 1 is 1.31 bits per heavy atom. The lowest BCUT2D eigenvalue weighted by atomic mass is 10.1. The van der Waals surface area contributed by atoms with Crippen molar-refractivity contribution in [3.8, 4) is 0 Å². The topological polar surface area (TPSA) is 35.5 Å². The molecule has 1 aromatic rings. The summed E-state index contributed by atoms with van der Waals surface area (Å²) in [6.07, 6.45) is 2.00. The maximum Gasteiger partial charge on any atom is 0.0451 e. The second-order valence-corrected chi connectivity index (χ2v) is 4.25. The second-order valence-electron chi connectivity index (χ2n) is 4.25. The van der Waals surface area contributed by atoms with E-state index in [2.05, 4.69) is 34.5 Å². The minimum atomic E-state index is 0.260. The van der Waals surface area contributed by atoms with Crippen molar-refractivity contribution >= 4 is 5.69 Å². The zero-order chi connectivity index (χ0) is 11.2. The van der Waals surface area contributed by atoms with Gasteiger partial charge in [-0.2, -0.15) is 0 Å². The van der Waals surface area contributed by atoms with Crippen molar-refractivity contribution in [1.29, 1.82) is 0 Å². The van der Waals surface area contributed by atoms with Gasteiger partial charge >= 0.3 is 0 Å². The smallest absolute Gasteiger partial charge is 0.0451 e. The summed E-state index contributed by atoms with van der Waals surface area (Å²) in [5.41, 5.74) is 1.27. The summed E-state index contributed by atoms with van der Waals surface area (Å²) in [5.74, 6) is 0. The third-order valence-electron chi connectivity index (χ3n) is 3.12. The number of aliphatic hydroxyl groups excluding tert-OH is 1. The summed E-state index contributed by atoms with van der Waals surface area (Å²) in [6, 6.07) is 10.9. The Morgan fingerprint density at radius 3 is 2.88 bits per heavy atom. The summed E-state index contributed by atoms with van der Waals surface area (Å²) in [7, 11) is 0. The lowest BCUT2D eigenvalue weighted by molar-refractivity contribution is 0.273. The molecule has 2 rings (SSSR count). The van der Waals surface area contributed by atoms with Crippen molar-refractivity contribution in [2.75, 3.05) is 31.1 Å². The van der Waals surface area contributed by atoms with Crippen LogP contribution in [0.4, 0.5) is 5.69 Å². The molecule has 1 heterocycles. The van der Waals surface area contributed by atoms with Gasteiger partial charge in [-0.1, -0.05) is 18.2 Å². The van der Waals surface area contributed by atoms with Crippen LogP contribution in [0.1, 0.15) is 12.8 Å². The molecule has 1 aromatic carbocycles. The standard InChI is InChI=1S/C13H20N2O/c16-10-7-13-11-14-8-4-9-15(13)12-5-2-1-3-6-12/h1-3,5-6,13-14,16H,4,7-11H2. The van der Waals surface area contributed by atoms with Crippen LogP contribution in [0, 0.1) is 0 Å². The van der Waals surface area contributed by atoms with Crippen molar-refractivity contribution in [3.63, 3.8) is 0 Å². The van der Waals surface area contributed by atoms with Gasteiger partial charge in [0.15, 0.2) is 0 Å². The van der Waals surface area contributed by atoms with E-state index >= 15 is 0 Å². The van der Waals surface area contributed by atoms with Crippen LogP contribution in [0.2, 0.25) is 0 Å². The van der Waals surface area contributed by atoms with E-state index in [1.54, 1.807) is 0 Å². The van der Waals surface area contributed by atoms with E-state index in [-0.39, 0.29) is 6.61 Å². The number of hydrogen-bond acceptors (Lipinski definition) is 3. The SMILES string of the molecule is OCCC1CNCCCN1c1ccccc1. The van der Waals surface area contributed by atoms with Crippen LogP contribution >= 0.6 is 0 Å². The molecule has 1 saturated heterocycles. The Hall–Kier alpha value is -1.06. The number of hydrogen-bond donors (Lipinski definition) is 2. The summed E-state index contributed by atoms with van der Waals surface area (Å²) < 4.78 is 0. The van der Waals surface area contributed by atoms with Gasteiger partial charge in [0.25, 0.3) is 0 Å². The molecule has 88 valence electrons. The molecule has 2 N–H and O–H groups in total. The number of nitrogens with zero attached hydrogens (tertiary/aromatic N) is 1. The minimum Gasteiger partial charge on any atom is -0.396 e. The minimum absolute atomic E-state index is 0.260. The highest BCUT2D eigenvalue weighted by Crippen LogP contribution is 2.19. The van der Waals surface area contributed by atoms with Gasteiger partial charge in [-0.15, -0.1) is 0 Å². The van der Waals surface area contributed by atoms with Crippen LogP contribution in [-0.4, -0.2) is 37.4 Å². The fraction of sp³-hybridized carbons (Fsp3) is 0.538. The van der Waals surface area contributed by atoms with E-state index in [0.717, 1.165) is 32.5 Å². The van der Waals surface area contributed by atoms with Crippen molar-refractivity contribution < 1.29 is 5.11 Å². The number of para-hydroxylation sites is 1. The van der Waals surface area contributed by atoms with E-state index in [4.69, 9.17) is 5.11 Å². The zero-order valence-electron chi connectivity index (χ0n) is 9.60. The van der Waals surface area contributed by atoms with Gasteiger partial charge in [0.1, 0.15) is 0 Å². The Labute approximate surface area is 97.1 Å². The molecule has 0 bridgehead atoms. The van der Waals surface area contributed by atoms with Gasteiger partial charge in [0.05, 0.1) is 0 Å². The molecule has 0 saturated carbocycles. The molecule has 3 nitrogen and oxygen atoms in total. The Morgan fingerprint density at radius 2 is 2.12 bits per heavy atom. The average molecular weight is 220 g/mol. The van der Waals surface area contributed by atoms with Crippen LogP contribution in [0.5, 0.6) is 0 Å². The van der Waals surface area contributed by atoms with E-state index < -0.39 is 0 Å². The largest absolute Gasteiger partial charge is 0.396 e. The third kappa shape index (κ3) is 2.74.